The summed E-state index contributed by atoms with van der Waals surface area (Å²) < 4.78 is 7.41. The second kappa shape index (κ2) is 5.03. The third-order valence-electron chi connectivity index (χ3n) is 2.74. The smallest absolute Gasteiger partial charge is 0.284 e. The van der Waals surface area contributed by atoms with E-state index in [1.165, 1.54) is 6.07 Å². The fourth-order valence-corrected chi connectivity index (χ4v) is 2.17. The van der Waals surface area contributed by atoms with Crippen LogP contribution in [0.3, 0.4) is 0 Å². The Bertz CT molecular complexity index is 596. The number of ether oxygens (including phenoxy) is 1. The topological polar surface area (TPSA) is 70.2 Å². The largest absolute Gasteiger partial charge is 0.380 e. The van der Waals surface area contributed by atoms with Gasteiger partial charge in [0.15, 0.2) is 0 Å². The molecule has 0 aliphatic carbocycles. The number of hydrogen-bond acceptors (Lipinski definition) is 4. The molecule has 1 atom stereocenters. The first-order valence-electron chi connectivity index (χ1n) is 5.35. The fourth-order valence-electron chi connectivity index (χ4n) is 1.69. The lowest BCUT2D eigenvalue weighted by Gasteiger charge is -2.10. The highest BCUT2D eigenvalue weighted by molar-refractivity contribution is 9.10. The zero-order valence-electron chi connectivity index (χ0n) is 9.96. The third kappa shape index (κ3) is 2.37. The highest BCUT2D eigenvalue weighted by atomic mass is 79.9. The van der Waals surface area contributed by atoms with Crippen LogP contribution in [0.4, 0.5) is 5.69 Å². The van der Waals surface area contributed by atoms with Crippen LogP contribution in [0.15, 0.2) is 22.8 Å². The van der Waals surface area contributed by atoms with Crippen molar-refractivity contribution >= 4 is 32.5 Å². The predicted octanol–water partition coefficient (Wildman–Crippen LogP) is 2.74. The van der Waals surface area contributed by atoms with E-state index in [1.54, 1.807) is 24.1 Å². The van der Waals surface area contributed by atoms with Crippen LogP contribution in [0.5, 0.6) is 0 Å². The Morgan fingerprint density at radius 3 is 2.94 bits per heavy atom. The number of fused-ring (bicyclic) bond motifs is 1. The SMILES string of the molecule is CO[C@@H](C)Cn1ncc2cc([N+](=O)[O-])c(Br)cc21. The summed E-state index contributed by atoms with van der Waals surface area (Å²) in [5.74, 6) is 0. The standard InChI is InChI=1S/C11H12BrN3O3/c1-7(18-2)6-14-10-4-9(12)11(15(16)17)3-8(10)5-13-14/h3-5,7H,6H2,1-2H3/t7-/m0/s1. The maximum atomic E-state index is 10.8. The van der Waals surface area contributed by atoms with Crippen molar-refractivity contribution in [2.75, 3.05) is 7.11 Å². The summed E-state index contributed by atoms with van der Waals surface area (Å²) in [6.07, 6.45) is 1.65. The summed E-state index contributed by atoms with van der Waals surface area (Å²) in [6.45, 7) is 2.54. The first-order valence-corrected chi connectivity index (χ1v) is 6.14. The summed E-state index contributed by atoms with van der Waals surface area (Å²) in [6, 6.07) is 3.23. The van der Waals surface area contributed by atoms with E-state index < -0.39 is 4.92 Å². The Morgan fingerprint density at radius 2 is 2.33 bits per heavy atom. The van der Waals surface area contributed by atoms with Crippen molar-refractivity contribution in [2.24, 2.45) is 0 Å². The molecule has 0 amide bonds. The maximum Gasteiger partial charge on any atom is 0.284 e. The van der Waals surface area contributed by atoms with Gasteiger partial charge in [-0.25, -0.2) is 0 Å². The minimum Gasteiger partial charge on any atom is -0.380 e. The number of rotatable bonds is 4. The lowest BCUT2D eigenvalue weighted by atomic mass is 10.2. The molecule has 2 aromatic rings. The zero-order valence-corrected chi connectivity index (χ0v) is 11.5. The normalized spacial score (nSPS) is 12.8. The van der Waals surface area contributed by atoms with Gasteiger partial charge in [-0.3, -0.25) is 14.8 Å². The van der Waals surface area contributed by atoms with Crippen molar-refractivity contribution in [3.63, 3.8) is 0 Å². The van der Waals surface area contributed by atoms with E-state index in [-0.39, 0.29) is 11.8 Å². The average molecular weight is 314 g/mol. The Labute approximate surface area is 112 Å². The lowest BCUT2D eigenvalue weighted by Crippen LogP contribution is -2.15. The van der Waals surface area contributed by atoms with Crippen LogP contribution in [0.2, 0.25) is 0 Å². The number of aromatic nitrogens is 2. The molecule has 1 aromatic heterocycles. The predicted molar refractivity (Wildman–Crippen MR) is 70.6 cm³/mol. The van der Waals surface area contributed by atoms with Crippen molar-refractivity contribution in [3.05, 3.63) is 32.9 Å². The summed E-state index contributed by atoms with van der Waals surface area (Å²) in [4.78, 5) is 10.4. The molecule has 0 unspecified atom stereocenters. The van der Waals surface area contributed by atoms with Crippen LogP contribution < -0.4 is 0 Å². The third-order valence-corrected chi connectivity index (χ3v) is 3.37. The molecule has 0 fully saturated rings. The van der Waals surface area contributed by atoms with E-state index in [4.69, 9.17) is 4.74 Å². The summed E-state index contributed by atoms with van der Waals surface area (Å²) in [7, 11) is 1.64. The molecule has 0 aliphatic heterocycles. The molecule has 1 aromatic carbocycles. The van der Waals surface area contributed by atoms with Crippen LogP contribution in [0, 0.1) is 10.1 Å². The Hall–Kier alpha value is -1.47. The van der Waals surface area contributed by atoms with Crippen molar-refractivity contribution in [2.45, 2.75) is 19.6 Å². The number of nitro benzene ring substituents is 1. The van der Waals surface area contributed by atoms with Gasteiger partial charge in [0.05, 0.1) is 33.8 Å². The maximum absolute atomic E-state index is 10.8. The average Bonchev–Trinajstić information content (AvgIpc) is 2.70. The van der Waals surface area contributed by atoms with E-state index in [1.807, 2.05) is 6.92 Å². The number of nitro groups is 1. The van der Waals surface area contributed by atoms with Gasteiger partial charge in [0.25, 0.3) is 5.69 Å². The van der Waals surface area contributed by atoms with E-state index in [0.717, 1.165) is 10.9 Å². The Kier molecular flexibility index (Phi) is 3.63. The Balaban J connectivity index is 2.48. The van der Waals surface area contributed by atoms with Gasteiger partial charge in [0.1, 0.15) is 0 Å². The number of halogens is 1. The molecular formula is C11H12BrN3O3. The monoisotopic (exact) mass is 313 g/mol. The molecule has 0 bridgehead atoms. The minimum absolute atomic E-state index is 0.0297. The van der Waals surface area contributed by atoms with Gasteiger partial charge in [-0.05, 0) is 28.9 Å². The van der Waals surface area contributed by atoms with Crippen LogP contribution in [-0.2, 0) is 11.3 Å². The van der Waals surface area contributed by atoms with Crippen LogP contribution >= 0.6 is 15.9 Å². The summed E-state index contributed by atoms with van der Waals surface area (Å²) >= 11 is 3.21. The number of benzene rings is 1. The van der Waals surface area contributed by atoms with Crippen molar-refractivity contribution < 1.29 is 9.66 Å². The number of nitrogens with zero attached hydrogens (tertiary/aromatic N) is 3. The van der Waals surface area contributed by atoms with E-state index in [0.29, 0.717) is 11.0 Å². The molecule has 6 nitrogen and oxygen atoms in total. The molecule has 7 heteroatoms. The van der Waals surface area contributed by atoms with Crippen LogP contribution in [0.1, 0.15) is 6.92 Å². The fraction of sp³-hybridized carbons (Fsp3) is 0.364. The van der Waals surface area contributed by atoms with Crippen molar-refractivity contribution in [1.82, 2.24) is 9.78 Å². The highest BCUT2D eigenvalue weighted by Crippen LogP contribution is 2.30. The Morgan fingerprint density at radius 1 is 1.61 bits per heavy atom. The second-order valence-corrected chi connectivity index (χ2v) is 4.85. The molecule has 0 N–H and O–H groups in total. The quantitative estimate of drug-likeness (QED) is 0.643. The van der Waals surface area contributed by atoms with Gasteiger partial charge in [0, 0.05) is 18.6 Å². The van der Waals surface area contributed by atoms with E-state index >= 15 is 0 Å². The van der Waals surface area contributed by atoms with Gasteiger partial charge in [-0.15, -0.1) is 0 Å². The molecule has 0 spiro atoms. The zero-order chi connectivity index (χ0) is 13.3. The molecule has 2 rings (SSSR count). The molecule has 96 valence electrons. The highest BCUT2D eigenvalue weighted by Gasteiger charge is 2.16. The number of methoxy groups -OCH3 is 1. The van der Waals surface area contributed by atoms with Crippen molar-refractivity contribution in [3.8, 4) is 0 Å². The van der Waals surface area contributed by atoms with Crippen LogP contribution in [0.25, 0.3) is 10.9 Å². The van der Waals surface area contributed by atoms with E-state index in [9.17, 15) is 10.1 Å². The van der Waals surface area contributed by atoms with Crippen molar-refractivity contribution in [1.29, 1.82) is 0 Å². The number of hydrogen-bond donors (Lipinski definition) is 0. The molecule has 0 radical (unpaired) electrons. The van der Waals surface area contributed by atoms with Gasteiger partial charge in [-0.2, -0.15) is 5.10 Å². The van der Waals surface area contributed by atoms with Gasteiger partial charge in [0.2, 0.25) is 0 Å². The summed E-state index contributed by atoms with van der Waals surface area (Å²) in [5, 5.41) is 15.8. The molecule has 1 heterocycles. The van der Waals surface area contributed by atoms with Crippen LogP contribution in [-0.4, -0.2) is 27.9 Å². The van der Waals surface area contributed by atoms with Gasteiger partial charge < -0.3 is 4.74 Å². The lowest BCUT2D eigenvalue weighted by molar-refractivity contribution is -0.385. The summed E-state index contributed by atoms with van der Waals surface area (Å²) in [5.41, 5.74) is 0.887. The molecule has 0 saturated heterocycles. The molecular weight excluding hydrogens is 302 g/mol. The molecule has 0 aliphatic rings. The van der Waals surface area contributed by atoms with E-state index in [2.05, 4.69) is 21.0 Å². The first kappa shape index (κ1) is 13.0. The first-order chi connectivity index (χ1) is 8.52. The second-order valence-electron chi connectivity index (χ2n) is 3.99. The molecule has 18 heavy (non-hydrogen) atoms. The van der Waals surface area contributed by atoms with Gasteiger partial charge in [-0.1, -0.05) is 0 Å². The minimum atomic E-state index is -0.418. The molecule has 0 saturated carbocycles. The van der Waals surface area contributed by atoms with Gasteiger partial charge >= 0.3 is 0 Å².